The minimum atomic E-state index is -0.715. The van der Waals surface area contributed by atoms with E-state index in [0.717, 1.165) is 22.9 Å². The first kappa shape index (κ1) is 26.1. The molecule has 0 heterocycles. The van der Waals surface area contributed by atoms with Crippen molar-refractivity contribution < 1.29 is 24.0 Å². The number of amides is 2. The number of unbranched alkanes of at least 4 members (excludes halogenated alkanes) is 1. The number of nitrogens with one attached hydrogen (secondary N) is 1. The maximum absolute atomic E-state index is 13.1. The highest BCUT2D eigenvalue weighted by atomic mass is 79.9. The van der Waals surface area contributed by atoms with Crippen LogP contribution in [0.2, 0.25) is 0 Å². The van der Waals surface area contributed by atoms with Gasteiger partial charge >= 0.3 is 5.69 Å². The molecule has 0 saturated heterocycles. The van der Waals surface area contributed by atoms with Gasteiger partial charge in [-0.25, -0.2) is 0 Å². The molecule has 0 aromatic heterocycles. The van der Waals surface area contributed by atoms with Gasteiger partial charge in [0.25, 0.3) is 5.91 Å². The zero-order chi connectivity index (χ0) is 24.4. The Bertz CT molecular complexity index is 967. The number of nitrogens with zero attached hydrogens (tertiary/aromatic N) is 2. The number of benzene rings is 2. The minimum Gasteiger partial charge on any atom is -0.490 e. The number of carbonyl (C=O) groups is 2. The lowest BCUT2D eigenvalue weighted by atomic mass is 10.1. The number of ether oxygens (including phenoxy) is 2. The SMILES string of the molecule is CCCCNC(=O)[C@H](C)N(Cc1ccc(Br)cc1)C(=O)COc1ccc([N+](=O)[O-])c(OC)c1. The second-order valence-corrected chi connectivity index (χ2v) is 8.26. The monoisotopic (exact) mass is 521 g/mol. The molecule has 0 aliphatic heterocycles. The molecule has 0 fully saturated rings. The number of hydrogen-bond donors (Lipinski definition) is 1. The zero-order valence-electron chi connectivity index (χ0n) is 18.9. The fraction of sp³-hybridized carbons (Fsp3) is 0.391. The fourth-order valence-corrected chi connectivity index (χ4v) is 3.30. The summed E-state index contributed by atoms with van der Waals surface area (Å²) in [6, 6.07) is 10.8. The van der Waals surface area contributed by atoms with Crippen molar-refractivity contribution in [2.45, 2.75) is 39.3 Å². The molecular weight excluding hydrogens is 494 g/mol. The van der Waals surface area contributed by atoms with E-state index in [4.69, 9.17) is 9.47 Å². The van der Waals surface area contributed by atoms with Gasteiger partial charge in [0.2, 0.25) is 11.7 Å². The Morgan fingerprint density at radius 1 is 1.21 bits per heavy atom. The van der Waals surface area contributed by atoms with E-state index >= 15 is 0 Å². The molecule has 0 aliphatic carbocycles. The Kier molecular flexibility index (Phi) is 10.1. The smallest absolute Gasteiger partial charge is 0.311 e. The van der Waals surface area contributed by atoms with Gasteiger partial charge in [-0.15, -0.1) is 0 Å². The summed E-state index contributed by atoms with van der Waals surface area (Å²) in [5.41, 5.74) is 0.655. The highest BCUT2D eigenvalue weighted by molar-refractivity contribution is 9.10. The average Bonchev–Trinajstić information content (AvgIpc) is 2.81. The summed E-state index contributed by atoms with van der Waals surface area (Å²) in [5, 5.41) is 13.9. The van der Waals surface area contributed by atoms with Gasteiger partial charge < -0.3 is 19.7 Å². The molecule has 2 aromatic rings. The van der Waals surface area contributed by atoms with Crippen LogP contribution in [-0.2, 0) is 16.1 Å². The van der Waals surface area contributed by atoms with E-state index in [9.17, 15) is 19.7 Å². The Morgan fingerprint density at radius 3 is 2.52 bits per heavy atom. The van der Waals surface area contributed by atoms with Crippen LogP contribution in [0.5, 0.6) is 11.5 Å². The molecule has 33 heavy (non-hydrogen) atoms. The van der Waals surface area contributed by atoms with E-state index in [2.05, 4.69) is 21.2 Å². The van der Waals surface area contributed by atoms with Gasteiger partial charge in [0, 0.05) is 29.7 Å². The molecule has 0 unspecified atom stereocenters. The van der Waals surface area contributed by atoms with Gasteiger partial charge in [-0.2, -0.15) is 0 Å². The molecule has 2 aromatic carbocycles. The third-order valence-corrected chi connectivity index (χ3v) is 5.50. The molecule has 0 radical (unpaired) electrons. The normalized spacial score (nSPS) is 11.4. The van der Waals surface area contributed by atoms with Gasteiger partial charge in [-0.1, -0.05) is 41.4 Å². The molecule has 0 saturated carbocycles. The van der Waals surface area contributed by atoms with E-state index in [1.165, 1.54) is 30.2 Å². The van der Waals surface area contributed by atoms with Crippen molar-refractivity contribution in [3.8, 4) is 11.5 Å². The fourth-order valence-electron chi connectivity index (χ4n) is 3.03. The summed E-state index contributed by atoms with van der Waals surface area (Å²) in [7, 11) is 1.32. The summed E-state index contributed by atoms with van der Waals surface area (Å²) in [6.07, 6.45) is 1.80. The number of methoxy groups -OCH3 is 1. The lowest BCUT2D eigenvalue weighted by molar-refractivity contribution is -0.385. The first-order chi connectivity index (χ1) is 15.8. The van der Waals surface area contributed by atoms with Crippen LogP contribution in [0, 0.1) is 10.1 Å². The summed E-state index contributed by atoms with van der Waals surface area (Å²) >= 11 is 3.39. The van der Waals surface area contributed by atoms with E-state index in [1.807, 2.05) is 31.2 Å². The standard InChI is InChI=1S/C23H28BrN3O6/c1-4-5-12-25-23(29)16(2)26(14-17-6-8-18(24)9-7-17)22(28)15-33-19-10-11-20(27(30)31)21(13-19)32-3/h6-11,13,16H,4-5,12,14-15H2,1-3H3,(H,25,29)/t16-/m0/s1. The Balaban J connectivity index is 2.15. The van der Waals surface area contributed by atoms with Gasteiger partial charge in [-0.3, -0.25) is 19.7 Å². The summed E-state index contributed by atoms with van der Waals surface area (Å²) in [5.74, 6) is -0.367. The molecule has 2 rings (SSSR count). The van der Waals surface area contributed by atoms with Gasteiger partial charge in [0.05, 0.1) is 12.0 Å². The van der Waals surface area contributed by atoms with Crippen molar-refractivity contribution in [2.24, 2.45) is 0 Å². The topological polar surface area (TPSA) is 111 Å². The largest absolute Gasteiger partial charge is 0.490 e. The van der Waals surface area contributed by atoms with Crippen LogP contribution >= 0.6 is 15.9 Å². The maximum atomic E-state index is 13.1. The van der Waals surface area contributed by atoms with E-state index in [0.29, 0.717) is 6.54 Å². The first-order valence-corrected chi connectivity index (χ1v) is 11.3. The second-order valence-electron chi connectivity index (χ2n) is 7.35. The van der Waals surface area contributed by atoms with Crippen LogP contribution in [0.25, 0.3) is 0 Å². The molecule has 1 atom stereocenters. The number of carbonyl (C=O) groups excluding carboxylic acids is 2. The van der Waals surface area contributed by atoms with Crippen molar-refractivity contribution in [2.75, 3.05) is 20.3 Å². The quantitative estimate of drug-likeness (QED) is 0.256. The molecule has 0 bridgehead atoms. The van der Waals surface area contributed by atoms with E-state index in [1.54, 1.807) is 6.92 Å². The number of halogens is 1. The highest BCUT2D eigenvalue weighted by Crippen LogP contribution is 2.30. The minimum absolute atomic E-state index is 0.0281. The molecule has 1 N–H and O–H groups in total. The van der Waals surface area contributed by atoms with Crippen molar-refractivity contribution in [1.29, 1.82) is 0 Å². The Hall–Kier alpha value is -3.14. The molecule has 9 nitrogen and oxygen atoms in total. The second kappa shape index (κ2) is 12.8. The number of nitro groups is 1. The van der Waals surface area contributed by atoms with E-state index in [-0.39, 0.29) is 36.2 Å². The van der Waals surface area contributed by atoms with Crippen molar-refractivity contribution in [1.82, 2.24) is 10.2 Å². The average molecular weight is 522 g/mol. The van der Waals surface area contributed by atoms with Crippen LogP contribution in [0.4, 0.5) is 5.69 Å². The number of hydrogen-bond acceptors (Lipinski definition) is 6. The third-order valence-electron chi connectivity index (χ3n) is 4.97. The van der Waals surface area contributed by atoms with Crippen LogP contribution in [-0.4, -0.2) is 47.9 Å². The van der Waals surface area contributed by atoms with Crippen LogP contribution < -0.4 is 14.8 Å². The molecule has 0 aliphatic rings. The van der Waals surface area contributed by atoms with Crippen LogP contribution in [0.1, 0.15) is 32.3 Å². The lowest BCUT2D eigenvalue weighted by Gasteiger charge is -2.28. The number of nitro benzene ring substituents is 1. The van der Waals surface area contributed by atoms with Gasteiger partial charge in [0.1, 0.15) is 11.8 Å². The summed E-state index contributed by atoms with van der Waals surface area (Å²) in [4.78, 5) is 37.6. The predicted molar refractivity (Wildman–Crippen MR) is 127 cm³/mol. The van der Waals surface area contributed by atoms with Crippen molar-refractivity contribution in [3.63, 3.8) is 0 Å². The molecule has 178 valence electrons. The van der Waals surface area contributed by atoms with Crippen molar-refractivity contribution in [3.05, 3.63) is 62.6 Å². The summed E-state index contributed by atoms with van der Waals surface area (Å²) < 4.78 is 11.5. The summed E-state index contributed by atoms with van der Waals surface area (Å²) in [6.45, 7) is 4.13. The van der Waals surface area contributed by atoms with Gasteiger partial charge in [0.15, 0.2) is 6.61 Å². The third kappa shape index (κ3) is 7.74. The van der Waals surface area contributed by atoms with Crippen molar-refractivity contribution >= 4 is 33.4 Å². The first-order valence-electron chi connectivity index (χ1n) is 10.5. The van der Waals surface area contributed by atoms with Gasteiger partial charge in [-0.05, 0) is 37.1 Å². The van der Waals surface area contributed by atoms with Crippen LogP contribution in [0.3, 0.4) is 0 Å². The molecule has 0 spiro atoms. The Morgan fingerprint density at radius 2 is 1.91 bits per heavy atom. The van der Waals surface area contributed by atoms with Crippen LogP contribution in [0.15, 0.2) is 46.9 Å². The lowest BCUT2D eigenvalue weighted by Crippen LogP contribution is -2.49. The molecular formula is C23H28BrN3O6. The highest BCUT2D eigenvalue weighted by Gasteiger charge is 2.26. The number of rotatable bonds is 12. The zero-order valence-corrected chi connectivity index (χ0v) is 20.5. The molecule has 10 heteroatoms. The maximum Gasteiger partial charge on any atom is 0.311 e. The predicted octanol–water partition coefficient (Wildman–Crippen LogP) is 4.08. The van der Waals surface area contributed by atoms with E-state index < -0.39 is 16.9 Å². The molecule has 2 amide bonds. The Labute approximate surface area is 201 Å².